The predicted molar refractivity (Wildman–Crippen MR) is 173 cm³/mol. The van der Waals surface area contributed by atoms with Gasteiger partial charge in [-0.1, -0.05) is 20.4 Å². The summed E-state index contributed by atoms with van der Waals surface area (Å²) in [5.74, 6) is 3.47. The van der Waals surface area contributed by atoms with Gasteiger partial charge in [0.15, 0.2) is 12.8 Å². The third-order valence-electron chi connectivity index (χ3n) is 8.05. The second kappa shape index (κ2) is 12.6. The van der Waals surface area contributed by atoms with E-state index in [1.807, 2.05) is 37.5 Å². The second-order valence-corrected chi connectivity index (χ2v) is 10.9. The molecule has 42 heavy (non-hydrogen) atoms. The maximum atomic E-state index is 6.39. The van der Waals surface area contributed by atoms with Crippen molar-refractivity contribution in [2.24, 2.45) is 0 Å². The van der Waals surface area contributed by atoms with Crippen LogP contribution in [0.3, 0.4) is 0 Å². The van der Waals surface area contributed by atoms with Gasteiger partial charge in [-0.05, 0) is 86.1 Å². The molecule has 218 valence electrons. The highest BCUT2D eigenvalue weighted by Gasteiger charge is 2.24. The SMILES string of the molecule is C=CN(C)c1ccc(Oc2ccc(Nc3ncnc4ccc([N+]5=CCN(C)CC5)c(OC)c34)cc2C)cc1C(C)CC. The number of fused-ring (bicyclic) bond motifs is 1. The van der Waals surface area contributed by atoms with Crippen LogP contribution in [0.2, 0.25) is 0 Å². The third-order valence-corrected chi connectivity index (χ3v) is 8.05. The monoisotopic (exact) mass is 565 g/mol. The molecule has 3 aromatic carbocycles. The Morgan fingerprint density at radius 3 is 2.69 bits per heavy atom. The zero-order valence-corrected chi connectivity index (χ0v) is 25.5. The Bertz CT molecular complexity index is 1630. The quantitative estimate of drug-likeness (QED) is 0.203. The highest BCUT2D eigenvalue weighted by atomic mass is 16.5. The molecular formula is C34H41N6O2+. The number of nitrogens with zero attached hydrogens (tertiary/aromatic N) is 5. The Morgan fingerprint density at radius 1 is 1.17 bits per heavy atom. The summed E-state index contributed by atoms with van der Waals surface area (Å²) in [7, 11) is 5.85. The molecular weight excluding hydrogens is 524 g/mol. The van der Waals surface area contributed by atoms with Crippen LogP contribution in [0.25, 0.3) is 10.9 Å². The van der Waals surface area contributed by atoms with Gasteiger partial charge in [0, 0.05) is 24.5 Å². The zero-order valence-electron chi connectivity index (χ0n) is 25.5. The number of anilines is 3. The van der Waals surface area contributed by atoms with Gasteiger partial charge in [0.2, 0.25) is 11.4 Å². The van der Waals surface area contributed by atoms with Crippen LogP contribution in [-0.2, 0) is 0 Å². The largest absolute Gasteiger partial charge is 0.490 e. The number of ether oxygens (including phenoxy) is 2. The summed E-state index contributed by atoms with van der Waals surface area (Å²) in [4.78, 5) is 13.5. The zero-order chi connectivity index (χ0) is 29.8. The van der Waals surface area contributed by atoms with Crippen molar-refractivity contribution in [1.29, 1.82) is 0 Å². The molecule has 2 heterocycles. The fraction of sp³-hybridized carbons (Fsp3) is 0.324. The van der Waals surface area contributed by atoms with Gasteiger partial charge in [0.25, 0.3) is 0 Å². The first kappa shape index (κ1) is 29.1. The van der Waals surface area contributed by atoms with Crippen LogP contribution in [-0.4, -0.2) is 66.5 Å². The molecule has 1 aromatic heterocycles. The van der Waals surface area contributed by atoms with Crippen LogP contribution in [0.5, 0.6) is 17.2 Å². The molecule has 8 heteroatoms. The van der Waals surface area contributed by atoms with Crippen molar-refractivity contribution in [1.82, 2.24) is 14.9 Å². The maximum Gasteiger partial charge on any atom is 0.248 e. The van der Waals surface area contributed by atoms with Crippen LogP contribution >= 0.6 is 0 Å². The van der Waals surface area contributed by atoms with E-state index in [0.717, 1.165) is 76.8 Å². The van der Waals surface area contributed by atoms with Crippen molar-refractivity contribution in [3.05, 3.63) is 78.8 Å². The van der Waals surface area contributed by atoms with Crippen LogP contribution in [0.15, 0.2) is 67.6 Å². The minimum atomic E-state index is 0.396. The van der Waals surface area contributed by atoms with E-state index >= 15 is 0 Å². The van der Waals surface area contributed by atoms with Crippen LogP contribution in [0.1, 0.15) is 37.3 Å². The van der Waals surface area contributed by atoms with Crippen LogP contribution < -0.4 is 19.7 Å². The summed E-state index contributed by atoms with van der Waals surface area (Å²) >= 11 is 0. The van der Waals surface area contributed by atoms with Gasteiger partial charge in [-0.25, -0.2) is 9.97 Å². The maximum absolute atomic E-state index is 6.39. The van der Waals surface area contributed by atoms with E-state index in [0.29, 0.717) is 11.7 Å². The molecule has 1 unspecified atom stereocenters. The van der Waals surface area contributed by atoms with E-state index in [9.17, 15) is 0 Å². The van der Waals surface area contributed by atoms with Gasteiger partial charge < -0.3 is 19.7 Å². The van der Waals surface area contributed by atoms with Gasteiger partial charge in [-0.3, -0.25) is 4.90 Å². The number of hydrogen-bond donors (Lipinski definition) is 1. The first-order valence-corrected chi connectivity index (χ1v) is 14.5. The minimum Gasteiger partial charge on any atom is -0.490 e. The number of aryl methyl sites for hydroxylation is 1. The summed E-state index contributed by atoms with van der Waals surface area (Å²) in [6, 6.07) is 16.4. The van der Waals surface area contributed by atoms with Crippen molar-refractivity contribution in [3.8, 4) is 17.2 Å². The van der Waals surface area contributed by atoms with Gasteiger partial charge in [0.1, 0.15) is 23.6 Å². The summed E-state index contributed by atoms with van der Waals surface area (Å²) < 4.78 is 14.6. The molecule has 0 spiro atoms. The Hall–Kier alpha value is -4.43. The van der Waals surface area contributed by atoms with E-state index in [1.165, 1.54) is 5.56 Å². The van der Waals surface area contributed by atoms with Crippen molar-refractivity contribution in [3.63, 3.8) is 0 Å². The molecule has 1 atom stereocenters. The number of benzene rings is 3. The average Bonchev–Trinajstić information content (AvgIpc) is 3.01. The first-order valence-electron chi connectivity index (χ1n) is 14.5. The molecule has 1 aliphatic rings. The van der Waals surface area contributed by atoms with E-state index in [-0.39, 0.29) is 0 Å². The lowest BCUT2D eigenvalue weighted by molar-refractivity contribution is -0.443. The molecule has 0 fully saturated rings. The van der Waals surface area contributed by atoms with Gasteiger partial charge in [0.05, 0.1) is 31.1 Å². The second-order valence-electron chi connectivity index (χ2n) is 10.9. The molecule has 0 saturated carbocycles. The van der Waals surface area contributed by atoms with Crippen molar-refractivity contribution in [2.45, 2.75) is 33.1 Å². The summed E-state index contributed by atoms with van der Waals surface area (Å²) in [6.07, 6.45) is 6.65. The normalized spacial score (nSPS) is 14.3. The number of likely N-dealkylation sites (N-methyl/N-ethyl adjacent to an activating group) is 1. The Morgan fingerprint density at radius 2 is 2.00 bits per heavy atom. The minimum absolute atomic E-state index is 0.396. The number of aromatic nitrogens is 2. The number of nitrogens with one attached hydrogen (secondary N) is 1. The molecule has 4 aromatic rings. The lowest BCUT2D eigenvalue weighted by atomic mass is 9.96. The van der Waals surface area contributed by atoms with Crippen LogP contribution in [0.4, 0.5) is 22.9 Å². The van der Waals surface area contributed by atoms with Gasteiger partial charge >= 0.3 is 0 Å². The van der Waals surface area contributed by atoms with E-state index in [2.05, 4.69) is 94.5 Å². The fourth-order valence-corrected chi connectivity index (χ4v) is 5.29. The molecule has 0 amide bonds. The Kier molecular flexibility index (Phi) is 8.73. The third kappa shape index (κ3) is 5.94. The molecule has 8 nitrogen and oxygen atoms in total. The molecule has 0 aliphatic carbocycles. The summed E-state index contributed by atoms with van der Waals surface area (Å²) in [5, 5.41) is 4.36. The number of hydrogen-bond acceptors (Lipinski definition) is 7. The van der Waals surface area contributed by atoms with E-state index in [4.69, 9.17) is 9.47 Å². The van der Waals surface area contributed by atoms with Crippen LogP contribution in [0, 0.1) is 6.92 Å². The standard InChI is InChI=1S/C34H41N6O2/c1-8-23(3)27-21-26(11-13-29(27)39(6)9-2)42-31-15-10-25(20-24(31)4)37-34-32-28(35-22-36-34)12-14-30(33(32)41-7)40-18-16-38(5)17-19-40/h9-15,18,20-23H,2,8,16-17,19H2,1,3-7H3,(H,35,36,37)/q+1. The molecule has 1 N–H and O–H groups in total. The van der Waals surface area contributed by atoms with Gasteiger partial charge in [-0.2, -0.15) is 4.58 Å². The van der Waals surface area contributed by atoms with Crippen molar-refractivity contribution >= 4 is 40.0 Å². The lowest BCUT2D eigenvalue weighted by Gasteiger charge is -2.22. The van der Waals surface area contributed by atoms with Crippen molar-refractivity contribution in [2.75, 3.05) is 51.1 Å². The summed E-state index contributed by atoms with van der Waals surface area (Å²) in [6.45, 7) is 13.2. The number of methoxy groups -OCH3 is 1. The van der Waals surface area contributed by atoms with E-state index < -0.39 is 0 Å². The average molecular weight is 566 g/mol. The van der Waals surface area contributed by atoms with E-state index in [1.54, 1.807) is 13.4 Å². The first-order chi connectivity index (χ1) is 20.3. The molecule has 0 radical (unpaired) electrons. The lowest BCUT2D eigenvalue weighted by Crippen LogP contribution is -2.35. The topological polar surface area (TPSA) is 65.8 Å². The molecule has 0 saturated heterocycles. The van der Waals surface area contributed by atoms with Crippen molar-refractivity contribution < 1.29 is 14.0 Å². The van der Waals surface area contributed by atoms with Gasteiger partial charge in [-0.15, -0.1) is 0 Å². The summed E-state index contributed by atoms with van der Waals surface area (Å²) in [5.41, 5.74) is 6.13. The predicted octanol–water partition coefficient (Wildman–Crippen LogP) is 7.24. The molecule has 1 aliphatic heterocycles. The molecule has 5 rings (SSSR count). The molecule has 0 bridgehead atoms. The highest BCUT2D eigenvalue weighted by Crippen LogP contribution is 2.40. The Labute approximate surface area is 248 Å². The smallest absolute Gasteiger partial charge is 0.248 e. The highest BCUT2D eigenvalue weighted by molar-refractivity contribution is 5.98. The Balaban J connectivity index is 1.43. The fourth-order valence-electron chi connectivity index (χ4n) is 5.29. The number of rotatable bonds is 10.